The number of rotatable bonds is 8. The number of pyridine rings is 2. The minimum Gasteiger partial charge on any atom is -0.477 e. The predicted octanol–water partition coefficient (Wildman–Crippen LogP) is 8.16. The van der Waals surface area contributed by atoms with E-state index in [0.29, 0.717) is 34.4 Å². The molecule has 0 aliphatic heterocycles. The van der Waals surface area contributed by atoms with Crippen molar-refractivity contribution in [2.45, 2.75) is 25.9 Å². The molecule has 4 aromatic rings. The van der Waals surface area contributed by atoms with E-state index in [9.17, 15) is 26.3 Å². The van der Waals surface area contributed by atoms with E-state index in [4.69, 9.17) is 4.74 Å². The van der Waals surface area contributed by atoms with Gasteiger partial charge in [-0.2, -0.15) is 22.0 Å². The van der Waals surface area contributed by atoms with Gasteiger partial charge < -0.3 is 10.1 Å². The molecule has 0 aliphatic rings. The van der Waals surface area contributed by atoms with Gasteiger partial charge in [0.25, 0.3) is 0 Å². The maximum absolute atomic E-state index is 14.3. The number of anilines is 2. The summed E-state index contributed by atoms with van der Waals surface area (Å²) in [5.41, 5.74) is 0.143. The van der Waals surface area contributed by atoms with E-state index < -0.39 is 29.9 Å². The first-order chi connectivity index (χ1) is 17.5. The first-order valence-electron chi connectivity index (χ1n) is 11.4. The van der Waals surface area contributed by atoms with Crippen molar-refractivity contribution in [3.05, 3.63) is 78.0 Å². The Balaban J connectivity index is 1.79. The fourth-order valence-electron chi connectivity index (χ4n) is 3.68. The number of ether oxygens (including phenoxy) is 1. The fraction of sp³-hybridized carbons (Fsp3) is 0.259. The topological polar surface area (TPSA) is 47.0 Å². The van der Waals surface area contributed by atoms with Crippen LogP contribution in [-0.2, 0) is 12.1 Å². The van der Waals surface area contributed by atoms with E-state index in [1.807, 2.05) is 13.8 Å². The van der Waals surface area contributed by atoms with Crippen molar-refractivity contribution < 1.29 is 31.1 Å². The summed E-state index contributed by atoms with van der Waals surface area (Å²) in [6.45, 7) is 2.39. The molecular weight excluding hydrogens is 496 g/mol. The summed E-state index contributed by atoms with van der Waals surface area (Å²) in [5.74, 6) is -3.29. The van der Waals surface area contributed by atoms with Gasteiger partial charge in [-0.25, -0.2) is 9.37 Å². The van der Waals surface area contributed by atoms with E-state index in [-0.39, 0.29) is 17.5 Å². The number of hydrogen-bond acceptors (Lipinski definition) is 4. The molecule has 0 saturated carbocycles. The van der Waals surface area contributed by atoms with Crippen molar-refractivity contribution in [3.8, 4) is 17.1 Å². The highest BCUT2D eigenvalue weighted by Gasteiger charge is 2.35. The Morgan fingerprint density at radius 1 is 0.946 bits per heavy atom. The van der Waals surface area contributed by atoms with Crippen molar-refractivity contribution in [2.24, 2.45) is 5.92 Å². The highest BCUT2D eigenvalue weighted by Crippen LogP contribution is 2.38. The Bertz CT molecular complexity index is 1390. The van der Waals surface area contributed by atoms with Gasteiger partial charge in [-0.05, 0) is 48.4 Å². The molecule has 2 aromatic carbocycles. The van der Waals surface area contributed by atoms with Crippen LogP contribution in [0.15, 0.2) is 66.9 Å². The van der Waals surface area contributed by atoms with Gasteiger partial charge in [-0.15, -0.1) is 0 Å². The van der Waals surface area contributed by atoms with Crippen molar-refractivity contribution in [2.75, 3.05) is 18.6 Å². The zero-order valence-corrected chi connectivity index (χ0v) is 19.9. The fourth-order valence-corrected chi connectivity index (χ4v) is 3.68. The summed E-state index contributed by atoms with van der Waals surface area (Å²) in [7, 11) is 0. The zero-order chi connectivity index (χ0) is 26.8. The molecule has 0 aliphatic carbocycles. The average molecular weight is 519 g/mol. The van der Waals surface area contributed by atoms with Gasteiger partial charge in [0.1, 0.15) is 0 Å². The zero-order valence-electron chi connectivity index (χ0n) is 19.9. The minimum atomic E-state index is -4.46. The van der Waals surface area contributed by atoms with Crippen molar-refractivity contribution in [1.29, 1.82) is 0 Å². The standard InChI is InChI=1S/C27H23F6N3O/c1-16(2)14-37-24-13-23(35-19-8-6-18(7-9-19)27(31,32)33)20-10-5-17(12-22(20)36-24)25-21(4-3-11-34-25)26(29,30)15-28/h3-13,16H,14-15H2,1-2H3,(H,35,36). The van der Waals surface area contributed by atoms with Crippen LogP contribution in [0.3, 0.4) is 0 Å². The van der Waals surface area contributed by atoms with Gasteiger partial charge in [0.2, 0.25) is 5.88 Å². The molecule has 0 unspecified atom stereocenters. The third-order valence-corrected chi connectivity index (χ3v) is 5.49. The molecule has 4 rings (SSSR count). The van der Waals surface area contributed by atoms with Crippen LogP contribution in [0.1, 0.15) is 25.0 Å². The van der Waals surface area contributed by atoms with Crippen LogP contribution in [-0.4, -0.2) is 23.2 Å². The molecule has 37 heavy (non-hydrogen) atoms. The number of halogens is 6. The van der Waals surface area contributed by atoms with E-state index in [1.54, 1.807) is 18.2 Å². The van der Waals surface area contributed by atoms with E-state index >= 15 is 0 Å². The van der Waals surface area contributed by atoms with E-state index in [1.165, 1.54) is 30.5 Å². The first-order valence-corrected chi connectivity index (χ1v) is 11.4. The molecule has 0 saturated heterocycles. The minimum absolute atomic E-state index is 0.0837. The molecule has 2 heterocycles. The number of nitrogens with zero attached hydrogens (tertiary/aromatic N) is 2. The van der Waals surface area contributed by atoms with Crippen molar-refractivity contribution in [1.82, 2.24) is 9.97 Å². The number of nitrogens with one attached hydrogen (secondary N) is 1. The van der Waals surface area contributed by atoms with Crippen LogP contribution < -0.4 is 10.1 Å². The van der Waals surface area contributed by atoms with Gasteiger partial charge in [0.15, 0.2) is 6.67 Å². The third kappa shape index (κ3) is 5.95. The Morgan fingerprint density at radius 2 is 1.68 bits per heavy atom. The van der Waals surface area contributed by atoms with Gasteiger partial charge in [-0.1, -0.05) is 26.0 Å². The van der Waals surface area contributed by atoms with Gasteiger partial charge in [0, 0.05) is 34.5 Å². The van der Waals surface area contributed by atoms with Crippen LogP contribution in [0, 0.1) is 5.92 Å². The summed E-state index contributed by atoms with van der Waals surface area (Å²) < 4.78 is 86.2. The molecule has 0 amide bonds. The lowest BCUT2D eigenvalue weighted by Crippen LogP contribution is -2.17. The maximum atomic E-state index is 14.3. The number of aromatic nitrogens is 2. The summed E-state index contributed by atoms with van der Waals surface area (Å²) in [5, 5.41) is 3.65. The molecule has 0 radical (unpaired) electrons. The lowest BCUT2D eigenvalue weighted by molar-refractivity contribution is -0.137. The monoisotopic (exact) mass is 519 g/mol. The molecule has 10 heteroatoms. The smallest absolute Gasteiger partial charge is 0.416 e. The van der Waals surface area contributed by atoms with Crippen LogP contribution >= 0.6 is 0 Å². The predicted molar refractivity (Wildman–Crippen MR) is 130 cm³/mol. The molecule has 0 atom stereocenters. The summed E-state index contributed by atoms with van der Waals surface area (Å²) >= 11 is 0. The molecule has 194 valence electrons. The number of benzene rings is 2. The normalized spacial score (nSPS) is 12.2. The maximum Gasteiger partial charge on any atom is 0.416 e. The van der Waals surface area contributed by atoms with Crippen LogP contribution in [0.2, 0.25) is 0 Å². The average Bonchev–Trinajstić information content (AvgIpc) is 2.87. The number of fused-ring (bicyclic) bond motifs is 1. The Hall–Kier alpha value is -3.82. The Kier molecular flexibility index (Phi) is 7.29. The van der Waals surface area contributed by atoms with E-state index in [0.717, 1.165) is 18.2 Å². The Morgan fingerprint density at radius 3 is 2.32 bits per heavy atom. The number of hydrogen-bond donors (Lipinski definition) is 1. The van der Waals surface area contributed by atoms with E-state index in [2.05, 4.69) is 15.3 Å². The summed E-state index contributed by atoms with van der Waals surface area (Å²) in [4.78, 5) is 8.55. The lowest BCUT2D eigenvalue weighted by Gasteiger charge is -2.17. The second-order valence-corrected chi connectivity index (χ2v) is 8.88. The molecule has 1 N–H and O–H groups in total. The third-order valence-electron chi connectivity index (χ3n) is 5.49. The molecule has 0 spiro atoms. The van der Waals surface area contributed by atoms with Crippen LogP contribution in [0.5, 0.6) is 5.88 Å². The van der Waals surface area contributed by atoms with Gasteiger partial charge in [-0.3, -0.25) is 4.98 Å². The van der Waals surface area contributed by atoms with Gasteiger partial charge in [0.05, 0.1) is 29.1 Å². The summed E-state index contributed by atoms with van der Waals surface area (Å²) in [6, 6.07) is 13.3. The van der Waals surface area contributed by atoms with Crippen molar-refractivity contribution >= 4 is 22.3 Å². The molecule has 2 aromatic heterocycles. The highest BCUT2D eigenvalue weighted by molar-refractivity contribution is 5.96. The number of alkyl halides is 6. The molecular formula is C27H23F6N3O. The Labute approximate surface area is 209 Å². The summed E-state index contributed by atoms with van der Waals surface area (Å²) in [6.07, 6.45) is -3.12. The lowest BCUT2D eigenvalue weighted by atomic mass is 10.00. The molecule has 4 nitrogen and oxygen atoms in total. The largest absolute Gasteiger partial charge is 0.477 e. The van der Waals surface area contributed by atoms with Crippen molar-refractivity contribution in [3.63, 3.8) is 0 Å². The second-order valence-electron chi connectivity index (χ2n) is 8.88. The SMILES string of the molecule is CC(C)COc1cc(Nc2ccc(C(F)(F)F)cc2)c2ccc(-c3ncccc3C(F)(F)CF)cc2n1. The molecule has 0 bridgehead atoms. The molecule has 0 fully saturated rings. The van der Waals surface area contributed by atoms with Crippen LogP contribution in [0.4, 0.5) is 37.7 Å². The second kappa shape index (κ2) is 10.3. The highest BCUT2D eigenvalue weighted by atomic mass is 19.4. The quantitative estimate of drug-likeness (QED) is 0.239. The van der Waals surface area contributed by atoms with Gasteiger partial charge >= 0.3 is 12.1 Å². The first kappa shape index (κ1) is 26.2. The van der Waals surface area contributed by atoms with Crippen LogP contribution in [0.25, 0.3) is 22.2 Å².